The second-order valence-electron chi connectivity index (χ2n) is 9.88. The zero-order valence-electron chi connectivity index (χ0n) is 22.4. The first kappa shape index (κ1) is 28.9. The Morgan fingerprint density at radius 1 is 0.952 bits per heavy atom. The lowest BCUT2D eigenvalue weighted by atomic mass is 10.1. The third kappa shape index (κ3) is 6.80. The van der Waals surface area contributed by atoms with Crippen molar-refractivity contribution in [3.8, 4) is 17.2 Å². The summed E-state index contributed by atoms with van der Waals surface area (Å²) in [5.41, 5.74) is 6.27. The molecule has 8 nitrogen and oxygen atoms in total. The number of carbonyl (C=O) groups excluding carboxylic acids is 2. The summed E-state index contributed by atoms with van der Waals surface area (Å²) in [7, 11) is 0. The maximum absolute atomic E-state index is 13.9. The van der Waals surface area contributed by atoms with Crippen molar-refractivity contribution in [2.24, 2.45) is 5.73 Å². The number of nitrogens with one attached hydrogen (secondary N) is 1. The minimum atomic E-state index is -1.71. The number of pyridine rings is 1. The van der Waals surface area contributed by atoms with Gasteiger partial charge in [0.25, 0.3) is 5.91 Å². The van der Waals surface area contributed by atoms with Crippen LogP contribution < -0.4 is 20.5 Å². The number of benzene rings is 3. The Balaban J connectivity index is 1.17. The average Bonchev–Trinajstić information content (AvgIpc) is 3.50. The fourth-order valence-electron chi connectivity index (χ4n) is 4.59. The van der Waals surface area contributed by atoms with Crippen molar-refractivity contribution in [3.63, 3.8) is 0 Å². The van der Waals surface area contributed by atoms with Gasteiger partial charge in [-0.2, -0.15) is 0 Å². The highest BCUT2D eigenvalue weighted by Crippen LogP contribution is 2.31. The SMILES string of the molecule is N[C@@H](CCOc1ccc2c(Oc3ccc(NC(=O)c4ccc(F)c(F)c4F)cc3)ccnc2c1)C(=O)OC1CCCC1. The highest BCUT2D eigenvalue weighted by atomic mass is 19.2. The largest absolute Gasteiger partial charge is 0.493 e. The zero-order chi connectivity index (χ0) is 29.6. The number of amides is 1. The molecule has 0 saturated heterocycles. The van der Waals surface area contributed by atoms with Crippen LogP contribution >= 0.6 is 0 Å². The molecule has 218 valence electrons. The van der Waals surface area contributed by atoms with Gasteiger partial charge in [0.05, 0.1) is 17.7 Å². The van der Waals surface area contributed by atoms with Crippen molar-refractivity contribution < 1.29 is 37.0 Å². The number of rotatable bonds is 10. The predicted octanol–water partition coefficient (Wildman–Crippen LogP) is 6.28. The van der Waals surface area contributed by atoms with Crippen LogP contribution in [0.4, 0.5) is 18.9 Å². The number of fused-ring (bicyclic) bond motifs is 1. The lowest BCUT2D eigenvalue weighted by Crippen LogP contribution is -2.35. The first-order valence-corrected chi connectivity index (χ1v) is 13.5. The summed E-state index contributed by atoms with van der Waals surface area (Å²) < 4.78 is 57.8. The van der Waals surface area contributed by atoms with E-state index in [2.05, 4.69) is 10.3 Å². The molecule has 4 aromatic rings. The third-order valence-electron chi connectivity index (χ3n) is 6.88. The van der Waals surface area contributed by atoms with Crippen molar-refractivity contribution in [1.82, 2.24) is 4.98 Å². The number of nitrogens with zero attached hydrogens (tertiary/aromatic N) is 1. The average molecular weight is 580 g/mol. The molecule has 1 aliphatic carbocycles. The van der Waals surface area contributed by atoms with Gasteiger partial charge in [-0.25, -0.2) is 13.2 Å². The van der Waals surface area contributed by atoms with E-state index in [-0.39, 0.29) is 12.7 Å². The van der Waals surface area contributed by atoms with Gasteiger partial charge in [0.1, 0.15) is 29.4 Å². The normalized spacial score (nSPS) is 14.0. The van der Waals surface area contributed by atoms with Gasteiger partial charge in [0.15, 0.2) is 17.5 Å². The monoisotopic (exact) mass is 579 g/mol. The van der Waals surface area contributed by atoms with Crippen molar-refractivity contribution in [1.29, 1.82) is 0 Å². The molecular weight excluding hydrogens is 551 g/mol. The number of halogens is 3. The molecule has 42 heavy (non-hydrogen) atoms. The van der Waals surface area contributed by atoms with E-state index in [4.69, 9.17) is 19.9 Å². The Kier molecular flexibility index (Phi) is 8.87. The second kappa shape index (κ2) is 12.9. The smallest absolute Gasteiger partial charge is 0.323 e. The van der Waals surface area contributed by atoms with E-state index in [1.54, 1.807) is 42.6 Å². The summed E-state index contributed by atoms with van der Waals surface area (Å²) in [6.45, 7) is 0.230. The number of anilines is 1. The first-order valence-electron chi connectivity index (χ1n) is 13.5. The number of hydrogen-bond donors (Lipinski definition) is 2. The van der Waals surface area contributed by atoms with E-state index in [0.717, 1.165) is 31.7 Å². The second-order valence-corrected chi connectivity index (χ2v) is 9.88. The molecule has 1 aliphatic rings. The summed E-state index contributed by atoms with van der Waals surface area (Å²) in [5.74, 6) is -4.47. The van der Waals surface area contributed by atoms with E-state index >= 15 is 0 Å². The third-order valence-corrected chi connectivity index (χ3v) is 6.88. The Morgan fingerprint density at radius 3 is 2.45 bits per heavy atom. The Bertz CT molecular complexity index is 1590. The lowest BCUT2D eigenvalue weighted by Gasteiger charge is -2.16. The molecule has 3 N–H and O–H groups in total. The van der Waals surface area contributed by atoms with Crippen LogP contribution in [0.15, 0.2) is 66.9 Å². The quantitative estimate of drug-likeness (QED) is 0.168. The number of aromatic nitrogens is 1. The number of ether oxygens (including phenoxy) is 3. The molecule has 1 atom stereocenters. The maximum atomic E-state index is 13.9. The van der Waals surface area contributed by atoms with E-state index in [1.165, 1.54) is 12.1 Å². The molecule has 1 fully saturated rings. The predicted molar refractivity (Wildman–Crippen MR) is 149 cm³/mol. The fourth-order valence-corrected chi connectivity index (χ4v) is 4.59. The minimum Gasteiger partial charge on any atom is -0.493 e. The summed E-state index contributed by atoms with van der Waals surface area (Å²) in [4.78, 5) is 28.9. The number of hydrogen-bond acceptors (Lipinski definition) is 7. The topological polar surface area (TPSA) is 113 Å². The molecule has 11 heteroatoms. The van der Waals surface area contributed by atoms with Gasteiger partial charge >= 0.3 is 5.97 Å². The van der Waals surface area contributed by atoms with E-state index in [9.17, 15) is 22.8 Å². The molecule has 5 rings (SSSR count). The minimum absolute atomic E-state index is 0.0304. The first-order chi connectivity index (χ1) is 20.3. The van der Waals surface area contributed by atoms with Crippen LogP contribution in [0.2, 0.25) is 0 Å². The molecule has 0 bridgehead atoms. The van der Waals surface area contributed by atoms with E-state index in [1.807, 2.05) is 0 Å². The lowest BCUT2D eigenvalue weighted by molar-refractivity contribution is -0.150. The van der Waals surface area contributed by atoms with Gasteiger partial charge in [0.2, 0.25) is 0 Å². The van der Waals surface area contributed by atoms with Crippen LogP contribution in [0.3, 0.4) is 0 Å². The van der Waals surface area contributed by atoms with Gasteiger partial charge in [-0.1, -0.05) is 0 Å². The van der Waals surface area contributed by atoms with Gasteiger partial charge in [-0.3, -0.25) is 14.6 Å². The van der Waals surface area contributed by atoms with Gasteiger partial charge in [-0.05, 0) is 80.3 Å². The van der Waals surface area contributed by atoms with Gasteiger partial charge in [0, 0.05) is 29.8 Å². The van der Waals surface area contributed by atoms with Crippen molar-refractivity contribution in [2.75, 3.05) is 11.9 Å². The molecular formula is C31H28F3N3O5. The highest BCUT2D eigenvalue weighted by molar-refractivity contribution is 6.04. The summed E-state index contributed by atoms with van der Waals surface area (Å²) in [5, 5.41) is 3.15. The van der Waals surface area contributed by atoms with Crippen molar-refractivity contribution in [3.05, 3.63) is 89.9 Å². The maximum Gasteiger partial charge on any atom is 0.323 e. The van der Waals surface area contributed by atoms with Crippen LogP contribution in [0.5, 0.6) is 17.2 Å². The Morgan fingerprint density at radius 2 is 1.69 bits per heavy atom. The van der Waals surface area contributed by atoms with E-state index < -0.39 is 40.9 Å². The Hall–Kier alpha value is -4.64. The van der Waals surface area contributed by atoms with Crippen molar-refractivity contribution in [2.45, 2.75) is 44.2 Å². The van der Waals surface area contributed by atoms with Crippen LogP contribution in [-0.2, 0) is 9.53 Å². The van der Waals surface area contributed by atoms with Gasteiger partial charge < -0.3 is 25.3 Å². The molecule has 3 aromatic carbocycles. The van der Waals surface area contributed by atoms with E-state index in [0.29, 0.717) is 46.3 Å². The molecule has 0 radical (unpaired) electrons. The fraction of sp³-hybridized carbons (Fsp3) is 0.258. The van der Waals surface area contributed by atoms with Crippen LogP contribution in [0.25, 0.3) is 10.9 Å². The highest BCUT2D eigenvalue weighted by Gasteiger charge is 2.23. The molecule has 0 spiro atoms. The summed E-state index contributed by atoms with van der Waals surface area (Å²) in [6, 6.07) is 14.0. The van der Waals surface area contributed by atoms with Crippen molar-refractivity contribution >= 4 is 28.5 Å². The molecule has 1 saturated carbocycles. The van der Waals surface area contributed by atoms with Crippen LogP contribution in [0.1, 0.15) is 42.5 Å². The standard InChI is InChI=1S/C31H28F3N3O5/c32-24-12-11-23(28(33)29(24)34)30(38)37-18-5-7-20(8-6-18)41-27-13-15-36-26-17-21(9-10-22(26)27)40-16-14-25(35)31(39)42-19-3-1-2-4-19/h5-13,15,17,19,25H,1-4,14,16,35H2,(H,37,38)/t25-/m0/s1. The van der Waals surface area contributed by atoms with Gasteiger partial charge in [-0.15, -0.1) is 0 Å². The van der Waals surface area contributed by atoms with Crippen LogP contribution in [0, 0.1) is 17.5 Å². The Labute approximate surface area is 239 Å². The molecule has 1 aromatic heterocycles. The summed E-state index contributed by atoms with van der Waals surface area (Å²) >= 11 is 0. The molecule has 1 heterocycles. The number of carbonyl (C=O) groups is 2. The summed E-state index contributed by atoms with van der Waals surface area (Å²) in [6.07, 6.45) is 5.78. The number of nitrogens with two attached hydrogens (primary N) is 1. The van der Waals surface area contributed by atoms with Crippen LogP contribution in [-0.4, -0.2) is 35.6 Å². The molecule has 1 amide bonds. The number of esters is 1. The zero-order valence-corrected chi connectivity index (χ0v) is 22.4. The molecule has 0 unspecified atom stereocenters. The molecule has 0 aliphatic heterocycles.